The predicted octanol–water partition coefficient (Wildman–Crippen LogP) is 9.60. The summed E-state index contributed by atoms with van der Waals surface area (Å²) in [5.41, 5.74) is 3.24. The molecule has 43 heavy (non-hydrogen) atoms. The van der Waals surface area contributed by atoms with E-state index in [2.05, 4.69) is 31.2 Å². The Labute approximate surface area is 261 Å². The minimum atomic E-state index is -0.834. The molecule has 0 saturated heterocycles. The van der Waals surface area contributed by atoms with Crippen molar-refractivity contribution in [2.75, 3.05) is 6.61 Å². The first kappa shape index (κ1) is 34.7. The van der Waals surface area contributed by atoms with Crippen LogP contribution in [-0.2, 0) is 34.0 Å². The van der Waals surface area contributed by atoms with E-state index in [1.165, 1.54) is 57.8 Å². The average Bonchev–Trinajstić information content (AvgIpc) is 3.05. The summed E-state index contributed by atoms with van der Waals surface area (Å²) in [6.45, 7) is 3.74. The summed E-state index contributed by atoms with van der Waals surface area (Å²) in [7, 11) is 0. The van der Waals surface area contributed by atoms with Gasteiger partial charge in [-0.15, -0.1) is 0 Å². The highest BCUT2D eigenvalue weighted by atomic mass is 16.6. The second kappa shape index (κ2) is 22.7. The molecule has 0 bridgehead atoms. The Kier molecular flexibility index (Phi) is 18.4. The van der Waals surface area contributed by atoms with Crippen LogP contribution in [0.3, 0.4) is 0 Å². The number of rotatable bonds is 24. The van der Waals surface area contributed by atoms with E-state index < -0.39 is 12.2 Å². The molecule has 0 aliphatic carbocycles. The van der Waals surface area contributed by atoms with E-state index in [0.717, 1.165) is 23.1 Å². The number of hydrogen-bond acceptors (Lipinski definition) is 4. The van der Waals surface area contributed by atoms with E-state index in [1.54, 1.807) is 0 Å². The lowest BCUT2D eigenvalue weighted by molar-refractivity contribution is -0.146. The van der Waals surface area contributed by atoms with Gasteiger partial charge in [-0.05, 0) is 36.0 Å². The van der Waals surface area contributed by atoms with Crippen molar-refractivity contribution in [3.63, 3.8) is 0 Å². The Morgan fingerprint density at radius 1 is 0.581 bits per heavy atom. The van der Waals surface area contributed by atoms with Gasteiger partial charge in [0, 0.05) is 0 Å². The van der Waals surface area contributed by atoms with Gasteiger partial charge in [0.15, 0.2) is 0 Å². The smallest absolute Gasteiger partial charge is 0.112 e. The van der Waals surface area contributed by atoms with Gasteiger partial charge in [0.2, 0.25) is 0 Å². The summed E-state index contributed by atoms with van der Waals surface area (Å²) in [6.07, 6.45) is 16.5. The second-order valence-corrected chi connectivity index (χ2v) is 11.5. The minimum Gasteiger partial charge on any atom is -0.388 e. The fraction of sp³-hybridized carbons (Fsp3) is 0.487. The van der Waals surface area contributed by atoms with Crippen molar-refractivity contribution >= 4 is 0 Å². The van der Waals surface area contributed by atoms with E-state index in [1.807, 2.05) is 78.9 Å². The van der Waals surface area contributed by atoms with Gasteiger partial charge in [-0.2, -0.15) is 0 Å². The fourth-order valence-electron chi connectivity index (χ4n) is 5.20. The molecular formula is C39H54O4. The third kappa shape index (κ3) is 15.5. The molecule has 3 aromatic rings. The van der Waals surface area contributed by atoms with Crippen molar-refractivity contribution in [3.8, 4) is 0 Å². The standard InChI is InChI=1S/C39H54O4/c1-2-3-4-5-6-7-8-9-10-11-12-22-29-38(42-31-35-25-18-14-19-26-35)39(43-32-36-27-20-15-21-28-36)37(40)33-41-30-34-23-16-13-17-24-34/h12-28,37-40H,2-11,29-33H2,1H3/t37-,38-,39+/m1/s1. The van der Waals surface area contributed by atoms with Crippen LogP contribution in [0.15, 0.2) is 103 Å². The quantitative estimate of drug-likeness (QED) is 0.0839. The first-order valence-electron chi connectivity index (χ1n) is 16.5. The highest BCUT2D eigenvalue weighted by Gasteiger charge is 2.30. The Morgan fingerprint density at radius 2 is 1.07 bits per heavy atom. The molecule has 4 nitrogen and oxygen atoms in total. The van der Waals surface area contributed by atoms with Crippen LogP contribution in [-0.4, -0.2) is 30.0 Å². The van der Waals surface area contributed by atoms with E-state index in [9.17, 15) is 5.11 Å². The molecule has 0 fully saturated rings. The number of allylic oxidation sites excluding steroid dienone is 1. The maximum Gasteiger partial charge on any atom is 0.112 e. The molecule has 0 spiro atoms. The third-order valence-electron chi connectivity index (χ3n) is 7.75. The first-order valence-corrected chi connectivity index (χ1v) is 16.5. The van der Waals surface area contributed by atoms with Crippen molar-refractivity contribution in [2.24, 2.45) is 0 Å². The molecule has 0 amide bonds. The Hall–Kier alpha value is -2.76. The van der Waals surface area contributed by atoms with Crippen molar-refractivity contribution < 1.29 is 19.3 Å². The van der Waals surface area contributed by atoms with Gasteiger partial charge >= 0.3 is 0 Å². The fourth-order valence-corrected chi connectivity index (χ4v) is 5.20. The van der Waals surface area contributed by atoms with Crippen LogP contribution in [0.5, 0.6) is 0 Å². The van der Waals surface area contributed by atoms with Crippen molar-refractivity contribution in [3.05, 3.63) is 120 Å². The lowest BCUT2D eigenvalue weighted by Crippen LogP contribution is -2.43. The molecule has 0 saturated carbocycles. The molecule has 1 N–H and O–H groups in total. The van der Waals surface area contributed by atoms with E-state index in [-0.39, 0.29) is 12.7 Å². The zero-order valence-electron chi connectivity index (χ0n) is 26.3. The normalized spacial score (nSPS) is 13.7. The summed E-state index contributed by atoms with van der Waals surface area (Å²) in [5.74, 6) is 0. The van der Waals surface area contributed by atoms with E-state index >= 15 is 0 Å². The maximum absolute atomic E-state index is 11.4. The topological polar surface area (TPSA) is 47.9 Å². The van der Waals surface area contributed by atoms with Gasteiger partial charge in [0.1, 0.15) is 12.2 Å². The molecule has 0 aliphatic rings. The summed E-state index contributed by atoms with van der Waals surface area (Å²) in [4.78, 5) is 0. The summed E-state index contributed by atoms with van der Waals surface area (Å²) < 4.78 is 18.8. The monoisotopic (exact) mass is 586 g/mol. The lowest BCUT2D eigenvalue weighted by Gasteiger charge is -2.31. The molecule has 0 unspecified atom stereocenters. The van der Waals surface area contributed by atoms with Crippen molar-refractivity contribution in [1.29, 1.82) is 0 Å². The maximum atomic E-state index is 11.4. The Balaban J connectivity index is 1.57. The van der Waals surface area contributed by atoms with Gasteiger partial charge in [0.25, 0.3) is 0 Å². The number of aliphatic hydroxyl groups excluding tert-OH is 1. The summed E-state index contributed by atoms with van der Waals surface area (Å²) in [5, 5.41) is 11.4. The number of aliphatic hydroxyl groups is 1. The van der Waals surface area contributed by atoms with E-state index in [0.29, 0.717) is 26.2 Å². The molecule has 0 aromatic heterocycles. The zero-order valence-corrected chi connectivity index (χ0v) is 26.3. The Morgan fingerprint density at radius 3 is 1.63 bits per heavy atom. The van der Waals surface area contributed by atoms with Crippen LogP contribution in [0.1, 0.15) is 94.2 Å². The summed E-state index contributed by atoms with van der Waals surface area (Å²) in [6, 6.07) is 30.3. The summed E-state index contributed by atoms with van der Waals surface area (Å²) >= 11 is 0. The molecule has 4 heteroatoms. The highest BCUT2D eigenvalue weighted by molar-refractivity contribution is 5.15. The average molecular weight is 587 g/mol. The molecule has 0 aliphatic heterocycles. The van der Waals surface area contributed by atoms with Gasteiger partial charge in [0.05, 0.1) is 32.5 Å². The van der Waals surface area contributed by atoms with Crippen LogP contribution in [0.4, 0.5) is 0 Å². The van der Waals surface area contributed by atoms with Gasteiger partial charge in [-0.1, -0.05) is 161 Å². The van der Waals surface area contributed by atoms with Crippen LogP contribution in [0.25, 0.3) is 0 Å². The molecule has 3 atom stereocenters. The van der Waals surface area contributed by atoms with Crippen LogP contribution in [0, 0.1) is 0 Å². The largest absolute Gasteiger partial charge is 0.388 e. The predicted molar refractivity (Wildman–Crippen MR) is 178 cm³/mol. The highest BCUT2D eigenvalue weighted by Crippen LogP contribution is 2.20. The Bertz CT molecular complexity index is 1070. The number of ether oxygens (including phenoxy) is 3. The minimum absolute atomic E-state index is 0.168. The van der Waals surface area contributed by atoms with E-state index in [4.69, 9.17) is 14.2 Å². The molecule has 234 valence electrons. The molecule has 3 rings (SSSR count). The van der Waals surface area contributed by atoms with Crippen LogP contribution in [0.2, 0.25) is 0 Å². The zero-order chi connectivity index (χ0) is 30.2. The molecule has 3 aromatic carbocycles. The van der Waals surface area contributed by atoms with Crippen molar-refractivity contribution in [2.45, 2.75) is 116 Å². The van der Waals surface area contributed by atoms with Gasteiger partial charge < -0.3 is 19.3 Å². The third-order valence-corrected chi connectivity index (χ3v) is 7.75. The molecule has 0 radical (unpaired) electrons. The molecule has 0 heterocycles. The number of hydrogen-bond donors (Lipinski definition) is 1. The van der Waals surface area contributed by atoms with Gasteiger partial charge in [-0.25, -0.2) is 0 Å². The molecular weight excluding hydrogens is 532 g/mol. The first-order chi connectivity index (χ1) is 21.3. The van der Waals surface area contributed by atoms with Crippen molar-refractivity contribution in [1.82, 2.24) is 0 Å². The van der Waals surface area contributed by atoms with Crippen LogP contribution < -0.4 is 0 Å². The number of benzene rings is 3. The number of unbranched alkanes of at least 4 members (excludes halogenated alkanes) is 9. The second-order valence-electron chi connectivity index (χ2n) is 11.5. The van der Waals surface area contributed by atoms with Crippen LogP contribution >= 0.6 is 0 Å². The van der Waals surface area contributed by atoms with Gasteiger partial charge in [-0.3, -0.25) is 0 Å². The SMILES string of the molecule is CCCCCCCCCCCC=CC[C@@H](OCc1ccccc1)[C@@H](OCc1ccccc1)[C@H](O)COCc1ccccc1. The lowest BCUT2D eigenvalue weighted by atomic mass is 10.0.